The first-order valence-corrected chi connectivity index (χ1v) is 8.16. The number of amides is 1. The van der Waals surface area contributed by atoms with Gasteiger partial charge in [-0.2, -0.15) is 0 Å². The molecule has 0 radical (unpaired) electrons. The van der Waals surface area contributed by atoms with E-state index in [0.717, 1.165) is 0 Å². The number of nitrogens with one attached hydrogen (secondary N) is 1. The van der Waals surface area contributed by atoms with Gasteiger partial charge >= 0.3 is 12.1 Å². The number of hydrogen-bond acceptors (Lipinski definition) is 7. The minimum absolute atomic E-state index is 0.106. The highest BCUT2D eigenvalue weighted by atomic mass is 16.6. The third-order valence-electron chi connectivity index (χ3n) is 3.62. The number of rotatable bonds is 5. The van der Waals surface area contributed by atoms with Gasteiger partial charge in [0.2, 0.25) is 0 Å². The van der Waals surface area contributed by atoms with Crippen LogP contribution in [0.2, 0.25) is 0 Å². The van der Waals surface area contributed by atoms with Crippen molar-refractivity contribution in [2.75, 3.05) is 19.8 Å². The molecule has 1 heterocycles. The molecule has 0 spiro atoms. The molecular weight excluding hydrogens is 344 g/mol. The summed E-state index contributed by atoms with van der Waals surface area (Å²) in [6.07, 6.45) is -1.07. The monoisotopic (exact) mass is 366 g/mol. The molecular formula is C17H22N2O7. The van der Waals surface area contributed by atoms with Crippen LogP contribution in [-0.2, 0) is 14.2 Å². The summed E-state index contributed by atoms with van der Waals surface area (Å²) in [7, 11) is 0. The van der Waals surface area contributed by atoms with Crippen LogP contribution in [0.1, 0.15) is 31.1 Å². The smallest absolute Gasteiger partial charge is 0.407 e. The van der Waals surface area contributed by atoms with E-state index in [1.54, 1.807) is 20.8 Å². The van der Waals surface area contributed by atoms with Gasteiger partial charge in [0.05, 0.1) is 23.7 Å². The fraction of sp³-hybridized carbons (Fsp3) is 0.529. The Bertz CT molecular complexity index is 667. The van der Waals surface area contributed by atoms with Gasteiger partial charge in [-0.15, -0.1) is 0 Å². The number of benzene rings is 1. The topological polar surface area (TPSA) is 117 Å². The van der Waals surface area contributed by atoms with Crippen molar-refractivity contribution < 1.29 is 28.7 Å². The molecule has 1 aromatic carbocycles. The predicted octanol–water partition coefficient (Wildman–Crippen LogP) is 2.29. The summed E-state index contributed by atoms with van der Waals surface area (Å²) in [5, 5.41) is 13.3. The fourth-order valence-corrected chi connectivity index (χ4v) is 2.35. The van der Waals surface area contributed by atoms with Gasteiger partial charge in [0.15, 0.2) is 0 Å². The van der Waals surface area contributed by atoms with Gasteiger partial charge in [-0.3, -0.25) is 10.1 Å². The minimum atomic E-state index is -0.599. The number of hydrogen-bond donors (Lipinski definition) is 1. The Labute approximate surface area is 150 Å². The Kier molecular flexibility index (Phi) is 6.14. The number of nitro groups is 1. The summed E-state index contributed by atoms with van der Waals surface area (Å²) < 4.78 is 15.9. The van der Waals surface area contributed by atoms with Crippen molar-refractivity contribution in [3.8, 4) is 0 Å². The Morgan fingerprint density at radius 1 is 1.27 bits per heavy atom. The number of non-ortho nitro benzene ring substituents is 1. The standard InChI is InChI=1S/C17H22N2O7/c1-17(2,3)26-16(21)18-8-12-9-24-10-14(12)25-15(20)11-4-6-13(7-5-11)19(22)23/h4-7,12,14H,8-10H2,1-3H3,(H,18,21)/t12-,14+/m0/s1. The molecule has 0 saturated carbocycles. The first kappa shape index (κ1) is 19.6. The number of alkyl carbamates (subject to hydrolysis) is 1. The van der Waals surface area contributed by atoms with Crippen LogP contribution in [-0.4, -0.2) is 48.4 Å². The zero-order valence-corrected chi connectivity index (χ0v) is 14.9. The SMILES string of the molecule is CC(C)(C)OC(=O)NC[C@H]1COC[C@H]1OC(=O)c1ccc([N+](=O)[O-])cc1. The van der Waals surface area contributed by atoms with Crippen LogP contribution in [0.25, 0.3) is 0 Å². The lowest BCUT2D eigenvalue weighted by Gasteiger charge is -2.22. The van der Waals surface area contributed by atoms with Crippen molar-refractivity contribution in [1.82, 2.24) is 5.32 Å². The van der Waals surface area contributed by atoms with Crippen LogP contribution in [0.5, 0.6) is 0 Å². The van der Waals surface area contributed by atoms with E-state index < -0.39 is 28.7 Å². The number of nitro benzene ring substituents is 1. The molecule has 0 aliphatic carbocycles. The zero-order valence-electron chi connectivity index (χ0n) is 14.9. The Balaban J connectivity index is 1.88. The van der Waals surface area contributed by atoms with Crippen molar-refractivity contribution in [2.24, 2.45) is 5.92 Å². The van der Waals surface area contributed by atoms with Crippen LogP contribution in [0.15, 0.2) is 24.3 Å². The van der Waals surface area contributed by atoms with E-state index in [-0.39, 0.29) is 30.3 Å². The van der Waals surface area contributed by atoms with E-state index in [1.807, 2.05) is 0 Å². The predicted molar refractivity (Wildman–Crippen MR) is 90.8 cm³/mol. The molecule has 26 heavy (non-hydrogen) atoms. The molecule has 2 rings (SSSR count). The molecule has 1 fully saturated rings. The van der Waals surface area contributed by atoms with E-state index in [9.17, 15) is 19.7 Å². The third kappa shape index (κ3) is 5.69. The van der Waals surface area contributed by atoms with Gasteiger partial charge in [-0.25, -0.2) is 9.59 Å². The molecule has 1 aliphatic rings. The first-order valence-electron chi connectivity index (χ1n) is 8.16. The minimum Gasteiger partial charge on any atom is -0.456 e. The summed E-state index contributed by atoms with van der Waals surface area (Å²) in [6, 6.07) is 5.15. The van der Waals surface area contributed by atoms with Crippen LogP contribution < -0.4 is 5.32 Å². The molecule has 0 unspecified atom stereocenters. The van der Waals surface area contributed by atoms with Crippen molar-refractivity contribution in [2.45, 2.75) is 32.5 Å². The fourth-order valence-electron chi connectivity index (χ4n) is 2.35. The Morgan fingerprint density at radius 2 is 1.92 bits per heavy atom. The van der Waals surface area contributed by atoms with Crippen molar-refractivity contribution >= 4 is 17.7 Å². The zero-order chi connectivity index (χ0) is 19.3. The van der Waals surface area contributed by atoms with Crippen LogP contribution >= 0.6 is 0 Å². The number of esters is 1. The van der Waals surface area contributed by atoms with Crippen molar-refractivity contribution in [3.05, 3.63) is 39.9 Å². The summed E-state index contributed by atoms with van der Waals surface area (Å²) in [6.45, 7) is 6.10. The number of carbonyl (C=O) groups excluding carboxylic acids is 2. The molecule has 1 amide bonds. The largest absolute Gasteiger partial charge is 0.456 e. The lowest BCUT2D eigenvalue weighted by molar-refractivity contribution is -0.384. The van der Waals surface area contributed by atoms with Gasteiger partial charge in [-0.1, -0.05) is 0 Å². The number of carbonyl (C=O) groups is 2. The second kappa shape index (κ2) is 8.13. The normalized spacial score (nSPS) is 19.7. The summed E-state index contributed by atoms with van der Waals surface area (Å²) in [4.78, 5) is 34.0. The number of ether oxygens (including phenoxy) is 3. The van der Waals surface area contributed by atoms with Crippen molar-refractivity contribution in [3.63, 3.8) is 0 Å². The first-order chi connectivity index (χ1) is 12.2. The molecule has 1 N–H and O–H groups in total. The maximum absolute atomic E-state index is 12.2. The molecule has 0 aromatic heterocycles. The van der Waals surface area contributed by atoms with Gasteiger partial charge < -0.3 is 19.5 Å². The number of nitrogens with zero attached hydrogens (tertiary/aromatic N) is 1. The maximum Gasteiger partial charge on any atom is 0.407 e. The average molecular weight is 366 g/mol. The average Bonchev–Trinajstić information content (AvgIpc) is 2.98. The summed E-state index contributed by atoms with van der Waals surface area (Å²) in [5.74, 6) is -0.804. The van der Waals surface area contributed by atoms with Crippen molar-refractivity contribution in [1.29, 1.82) is 0 Å². The molecule has 9 nitrogen and oxygen atoms in total. The molecule has 2 atom stereocenters. The van der Waals surface area contributed by atoms with E-state index in [1.165, 1.54) is 24.3 Å². The highest BCUT2D eigenvalue weighted by molar-refractivity contribution is 5.89. The molecule has 1 aromatic rings. The highest BCUT2D eigenvalue weighted by Gasteiger charge is 2.32. The summed E-state index contributed by atoms with van der Waals surface area (Å²) in [5.41, 5.74) is -0.496. The van der Waals surface area contributed by atoms with Crippen LogP contribution in [0, 0.1) is 16.0 Å². The second-order valence-electron chi connectivity index (χ2n) is 6.93. The van der Waals surface area contributed by atoms with Gasteiger partial charge in [-0.05, 0) is 32.9 Å². The van der Waals surface area contributed by atoms with E-state index in [0.29, 0.717) is 6.61 Å². The van der Waals surface area contributed by atoms with Crippen LogP contribution in [0.3, 0.4) is 0 Å². The Hall–Kier alpha value is -2.68. The van der Waals surface area contributed by atoms with Crippen LogP contribution in [0.4, 0.5) is 10.5 Å². The summed E-state index contributed by atoms with van der Waals surface area (Å²) >= 11 is 0. The van der Waals surface area contributed by atoms with Gasteiger partial charge in [0, 0.05) is 24.6 Å². The molecule has 9 heteroatoms. The lowest BCUT2D eigenvalue weighted by Crippen LogP contribution is -2.39. The van der Waals surface area contributed by atoms with E-state index in [4.69, 9.17) is 14.2 Å². The molecule has 1 aliphatic heterocycles. The second-order valence-corrected chi connectivity index (χ2v) is 6.93. The van der Waals surface area contributed by atoms with Gasteiger partial charge in [0.1, 0.15) is 11.7 Å². The Morgan fingerprint density at radius 3 is 2.50 bits per heavy atom. The molecule has 142 valence electrons. The molecule has 0 bridgehead atoms. The highest BCUT2D eigenvalue weighted by Crippen LogP contribution is 2.20. The lowest BCUT2D eigenvalue weighted by atomic mass is 10.1. The third-order valence-corrected chi connectivity index (χ3v) is 3.62. The van der Waals surface area contributed by atoms with Gasteiger partial charge in [0.25, 0.3) is 5.69 Å². The molecule has 1 saturated heterocycles. The quantitative estimate of drug-likeness (QED) is 0.482. The van der Waals surface area contributed by atoms with E-state index >= 15 is 0 Å². The van der Waals surface area contributed by atoms with E-state index in [2.05, 4.69) is 5.32 Å². The maximum atomic E-state index is 12.2.